The predicted molar refractivity (Wildman–Crippen MR) is 67.1 cm³/mol. The van der Waals surface area contributed by atoms with Gasteiger partial charge in [-0.15, -0.1) is 0 Å². The van der Waals surface area contributed by atoms with Crippen molar-refractivity contribution in [3.63, 3.8) is 0 Å². The zero-order chi connectivity index (χ0) is 12.3. The Kier molecular flexibility index (Phi) is 3.77. The molecule has 0 radical (unpaired) electrons. The lowest BCUT2D eigenvalue weighted by Gasteiger charge is -2.33. The molecule has 3 heteroatoms. The summed E-state index contributed by atoms with van der Waals surface area (Å²) >= 11 is 0. The average Bonchev–Trinajstić information content (AvgIpc) is 2.38. The van der Waals surface area contributed by atoms with E-state index in [0.717, 1.165) is 18.5 Å². The summed E-state index contributed by atoms with van der Waals surface area (Å²) in [5.74, 6) is -0.341. The number of hydrogen-bond donors (Lipinski definition) is 0. The second-order valence-electron chi connectivity index (χ2n) is 4.76. The zero-order valence-electron chi connectivity index (χ0n) is 10.2. The van der Waals surface area contributed by atoms with Gasteiger partial charge in [-0.2, -0.15) is 0 Å². The third kappa shape index (κ3) is 2.84. The van der Waals surface area contributed by atoms with Gasteiger partial charge >= 0.3 is 0 Å². The molecular formula is C14H18FNO. The SMILES string of the molecule is CN(c1cc(F)cc(C=O)c1)C1CCCCC1. The maximum atomic E-state index is 13.4. The van der Waals surface area contributed by atoms with Gasteiger partial charge in [-0.25, -0.2) is 4.39 Å². The summed E-state index contributed by atoms with van der Waals surface area (Å²) in [5, 5.41) is 0. The van der Waals surface area contributed by atoms with Crippen molar-refractivity contribution in [2.75, 3.05) is 11.9 Å². The third-order valence-corrected chi connectivity index (χ3v) is 3.57. The molecule has 1 fully saturated rings. The highest BCUT2D eigenvalue weighted by Crippen LogP contribution is 2.27. The standard InChI is InChI=1S/C14H18FNO/c1-16(13-5-3-2-4-6-13)14-8-11(10-17)7-12(15)9-14/h7-10,13H,2-6H2,1H3. The topological polar surface area (TPSA) is 20.3 Å². The van der Waals surface area contributed by atoms with Crippen LogP contribution in [0.1, 0.15) is 42.5 Å². The van der Waals surface area contributed by atoms with Crippen LogP contribution in [0.2, 0.25) is 0 Å². The van der Waals surface area contributed by atoms with Gasteiger partial charge in [0.05, 0.1) is 0 Å². The molecule has 1 aromatic rings. The Bertz CT molecular complexity index is 399. The summed E-state index contributed by atoms with van der Waals surface area (Å²) < 4.78 is 13.4. The summed E-state index contributed by atoms with van der Waals surface area (Å²) in [5.41, 5.74) is 1.21. The van der Waals surface area contributed by atoms with Gasteiger partial charge in [0, 0.05) is 24.3 Å². The Hall–Kier alpha value is -1.38. The van der Waals surface area contributed by atoms with Crippen LogP contribution in [0, 0.1) is 5.82 Å². The Labute approximate surface area is 101 Å². The van der Waals surface area contributed by atoms with Crippen LogP contribution in [0.5, 0.6) is 0 Å². The first kappa shape index (κ1) is 12.1. The van der Waals surface area contributed by atoms with Crippen molar-refractivity contribution in [2.45, 2.75) is 38.1 Å². The van der Waals surface area contributed by atoms with E-state index in [1.807, 2.05) is 7.05 Å². The number of carbonyl (C=O) groups is 1. The first-order valence-corrected chi connectivity index (χ1v) is 6.19. The lowest BCUT2D eigenvalue weighted by molar-refractivity contribution is 0.112. The van der Waals surface area contributed by atoms with E-state index in [9.17, 15) is 9.18 Å². The van der Waals surface area contributed by atoms with Crippen LogP contribution in [-0.2, 0) is 0 Å². The van der Waals surface area contributed by atoms with Gasteiger partial charge in [-0.1, -0.05) is 19.3 Å². The van der Waals surface area contributed by atoms with Gasteiger partial charge in [0.15, 0.2) is 0 Å². The van der Waals surface area contributed by atoms with Gasteiger partial charge in [-0.3, -0.25) is 4.79 Å². The molecule has 0 bridgehead atoms. The molecule has 1 aliphatic carbocycles. The van der Waals surface area contributed by atoms with E-state index in [1.54, 1.807) is 6.07 Å². The molecule has 0 amide bonds. The number of aldehydes is 1. The van der Waals surface area contributed by atoms with Crippen LogP contribution in [0.15, 0.2) is 18.2 Å². The first-order valence-electron chi connectivity index (χ1n) is 6.19. The molecule has 17 heavy (non-hydrogen) atoms. The molecule has 92 valence electrons. The predicted octanol–water partition coefficient (Wildman–Crippen LogP) is 3.41. The van der Waals surface area contributed by atoms with Crippen molar-refractivity contribution in [2.24, 2.45) is 0 Å². The fourth-order valence-corrected chi connectivity index (χ4v) is 2.55. The van der Waals surface area contributed by atoms with E-state index in [2.05, 4.69) is 4.90 Å². The van der Waals surface area contributed by atoms with Crippen LogP contribution >= 0.6 is 0 Å². The van der Waals surface area contributed by atoms with Crippen LogP contribution in [0.4, 0.5) is 10.1 Å². The van der Waals surface area contributed by atoms with E-state index in [0.29, 0.717) is 17.9 Å². The average molecular weight is 235 g/mol. The van der Waals surface area contributed by atoms with Crippen LogP contribution < -0.4 is 4.90 Å². The second kappa shape index (κ2) is 5.30. The van der Waals surface area contributed by atoms with Gasteiger partial charge in [0.1, 0.15) is 12.1 Å². The Balaban J connectivity index is 2.19. The quantitative estimate of drug-likeness (QED) is 0.748. The molecule has 0 N–H and O–H groups in total. The van der Waals surface area contributed by atoms with Gasteiger partial charge in [0.25, 0.3) is 0 Å². The summed E-state index contributed by atoms with van der Waals surface area (Å²) in [4.78, 5) is 12.8. The molecule has 1 saturated carbocycles. The number of halogens is 1. The number of nitrogens with zero attached hydrogens (tertiary/aromatic N) is 1. The fourth-order valence-electron chi connectivity index (χ4n) is 2.55. The smallest absolute Gasteiger partial charge is 0.150 e. The van der Waals surface area contributed by atoms with Crippen LogP contribution in [0.25, 0.3) is 0 Å². The van der Waals surface area contributed by atoms with Crippen LogP contribution in [-0.4, -0.2) is 19.4 Å². The molecule has 1 aliphatic rings. The Morgan fingerprint density at radius 1 is 1.24 bits per heavy atom. The Morgan fingerprint density at radius 2 is 1.94 bits per heavy atom. The minimum absolute atomic E-state index is 0.341. The number of rotatable bonds is 3. The highest BCUT2D eigenvalue weighted by Gasteiger charge is 2.18. The molecule has 0 atom stereocenters. The zero-order valence-corrected chi connectivity index (χ0v) is 10.2. The second-order valence-corrected chi connectivity index (χ2v) is 4.76. The molecule has 0 aliphatic heterocycles. The molecule has 0 heterocycles. The maximum absolute atomic E-state index is 13.4. The molecule has 1 aromatic carbocycles. The number of anilines is 1. The lowest BCUT2D eigenvalue weighted by Crippen LogP contribution is -2.33. The Morgan fingerprint density at radius 3 is 2.59 bits per heavy atom. The molecule has 0 aromatic heterocycles. The molecular weight excluding hydrogens is 217 g/mol. The van der Waals surface area contributed by atoms with Gasteiger partial charge in [-0.05, 0) is 31.0 Å². The van der Waals surface area contributed by atoms with Crippen molar-refractivity contribution < 1.29 is 9.18 Å². The van der Waals surface area contributed by atoms with Crippen molar-refractivity contribution in [1.82, 2.24) is 0 Å². The monoisotopic (exact) mass is 235 g/mol. The van der Waals surface area contributed by atoms with E-state index < -0.39 is 0 Å². The van der Waals surface area contributed by atoms with E-state index in [1.165, 1.54) is 31.4 Å². The molecule has 0 unspecified atom stereocenters. The van der Waals surface area contributed by atoms with Crippen LogP contribution in [0.3, 0.4) is 0 Å². The molecule has 0 saturated heterocycles. The van der Waals surface area contributed by atoms with E-state index >= 15 is 0 Å². The highest BCUT2D eigenvalue weighted by atomic mass is 19.1. The molecule has 0 spiro atoms. The van der Waals surface area contributed by atoms with E-state index in [4.69, 9.17) is 0 Å². The summed E-state index contributed by atoms with van der Waals surface area (Å²) in [6.07, 6.45) is 6.79. The summed E-state index contributed by atoms with van der Waals surface area (Å²) in [7, 11) is 1.99. The number of hydrogen-bond acceptors (Lipinski definition) is 2. The molecule has 2 nitrogen and oxygen atoms in total. The number of carbonyl (C=O) groups excluding carboxylic acids is 1. The van der Waals surface area contributed by atoms with E-state index in [-0.39, 0.29) is 5.82 Å². The minimum Gasteiger partial charge on any atom is -0.372 e. The summed E-state index contributed by atoms with van der Waals surface area (Å²) in [6.45, 7) is 0. The normalized spacial score (nSPS) is 16.8. The number of benzene rings is 1. The van der Waals surface area contributed by atoms with Gasteiger partial charge in [0.2, 0.25) is 0 Å². The van der Waals surface area contributed by atoms with Crippen molar-refractivity contribution in [1.29, 1.82) is 0 Å². The van der Waals surface area contributed by atoms with Crippen molar-refractivity contribution >= 4 is 12.0 Å². The van der Waals surface area contributed by atoms with Crippen molar-refractivity contribution in [3.8, 4) is 0 Å². The lowest BCUT2D eigenvalue weighted by atomic mass is 9.94. The van der Waals surface area contributed by atoms with Gasteiger partial charge < -0.3 is 4.90 Å². The fraction of sp³-hybridized carbons (Fsp3) is 0.500. The first-order chi connectivity index (χ1) is 8.20. The largest absolute Gasteiger partial charge is 0.372 e. The minimum atomic E-state index is -0.341. The highest BCUT2D eigenvalue weighted by molar-refractivity contribution is 5.77. The summed E-state index contributed by atoms with van der Waals surface area (Å²) in [6, 6.07) is 5.00. The molecule has 2 rings (SSSR count). The van der Waals surface area contributed by atoms with Crippen molar-refractivity contribution in [3.05, 3.63) is 29.6 Å². The third-order valence-electron chi connectivity index (χ3n) is 3.57. The maximum Gasteiger partial charge on any atom is 0.150 e.